The van der Waals surface area contributed by atoms with Gasteiger partial charge >= 0.3 is 0 Å². The van der Waals surface area contributed by atoms with Crippen molar-refractivity contribution < 1.29 is 19.4 Å². The van der Waals surface area contributed by atoms with Gasteiger partial charge in [-0.3, -0.25) is 14.5 Å². The first-order valence-corrected chi connectivity index (χ1v) is 14.0. The predicted molar refractivity (Wildman–Crippen MR) is 162 cm³/mol. The second-order valence-electron chi connectivity index (χ2n) is 10.9. The van der Waals surface area contributed by atoms with E-state index in [4.69, 9.17) is 4.74 Å². The molecule has 4 rings (SSSR count). The van der Waals surface area contributed by atoms with E-state index in [1.54, 1.807) is 18.2 Å². The van der Waals surface area contributed by atoms with E-state index in [2.05, 4.69) is 32.6 Å². The highest BCUT2D eigenvalue weighted by Gasteiger charge is 2.47. The van der Waals surface area contributed by atoms with Gasteiger partial charge in [-0.25, -0.2) is 0 Å². The van der Waals surface area contributed by atoms with Crippen LogP contribution in [-0.4, -0.2) is 36.5 Å². The van der Waals surface area contributed by atoms with Gasteiger partial charge in [0.15, 0.2) is 0 Å². The number of aliphatic hydroxyl groups is 1. The number of aliphatic hydroxyl groups excluding tert-OH is 1. The van der Waals surface area contributed by atoms with Crippen LogP contribution in [0, 0.1) is 26.7 Å². The van der Waals surface area contributed by atoms with Crippen molar-refractivity contribution in [2.75, 3.05) is 29.5 Å². The van der Waals surface area contributed by atoms with Crippen molar-refractivity contribution in [3.05, 3.63) is 94.1 Å². The minimum atomic E-state index is -0.774. The lowest BCUT2D eigenvalue weighted by Crippen LogP contribution is -2.30. The minimum Gasteiger partial charge on any atom is -0.507 e. The summed E-state index contributed by atoms with van der Waals surface area (Å²) in [6.45, 7) is 16.5. The van der Waals surface area contributed by atoms with Gasteiger partial charge < -0.3 is 14.7 Å². The lowest BCUT2D eigenvalue weighted by atomic mass is 9.94. The van der Waals surface area contributed by atoms with Gasteiger partial charge in [0, 0.05) is 30.0 Å². The third-order valence-electron chi connectivity index (χ3n) is 7.41. The lowest BCUT2D eigenvalue weighted by molar-refractivity contribution is -0.132. The quantitative estimate of drug-likeness (QED) is 0.178. The van der Waals surface area contributed by atoms with Crippen LogP contribution in [0.25, 0.3) is 5.76 Å². The molecule has 1 N–H and O–H groups in total. The molecule has 6 heteroatoms. The molecule has 1 aliphatic rings. The monoisotopic (exact) mass is 540 g/mol. The van der Waals surface area contributed by atoms with E-state index in [1.807, 2.05) is 63.2 Å². The summed E-state index contributed by atoms with van der Waals surface area (Å²) in [5.41, 5.74) is 5.80. The maximum Gasteiger partial charge on any atom is 0.300 e. The molecule has 0 aliphatic carbocycles. The van der Waals surface area contributed by atoms with E-state index in [0.29, 0.717) is 23.8 Å². The Bertz CT molecular complexity index is 1430. The molecule has 1 amide bonds. The second-order valence-corrected chi connectivity index (χ2v) is 10.9. The molecule has 3 aromatic rings. The summed E-state index contributed by atoms with van der Waals surface area (Å²) in [4.78, 5) is 31.0. The van der Waals surface area contributed by atoms with Crippen molar-refractivity contribution in [2.24, 2.45) is 5.92 Å². The van der Waals surface area contributed by atoms with E-state index >= 15 is 0 Å². The molecule has 1 saturated heterocycles. The number of ether oxygens (including phenoxy) is 1. The maximum absolute atomic E-state index is 13.6. The number of Topliss-reactive ketones (excluding diaryl/α,β-unsaturated/α-hetero) is 1. The van der Waals surface area contributed by atoms with Gasteiger partial charge in [-0.1, -0.05) is 43.7 Å². The number of carbonyl (C=O) groups excluding carboxylic acids is 2. The molecular formula is C34H40N2O4. The lowest BCUT2D eigenvalue weighted by Gasteiger charge is -2.28. The number of carbonyl (C=O) groups is 2. The van der Waals surface area contributed by atoms with Crippen molar-refractivity contribution in [1.82, 2.24) is 0 Å². The van der Waals surface area contributed by atoms with Crippen LogP contribution in [0.2, 0.25) is 0 Å². The minimum absolute atomic E-state index is 0.0795. The van der Waals surface area contributed by atoms with Gasteiger partial charge in [0.1, 0.15) is 11.5 Å². The summed E-state index contributed by atoms with van der Waals surface area (Å²) in [6.07, 6.45) is 0. The van der Waals surface area contributed by atoms with Crippen molar-refractivity contribution in [3.8, 4) is 5.75 Å². The zero-order valence-corrected chi connectivity index (χ0v) is 24.6. The summed E-state index contributed by atoms with van der Waals surface area (Å²) >= 11 is 0. The second kappa shape index (κ2) is 12.0. The van der Waals surface area contributed by atoms with Crippen molar-refractivity contribution in [2.45, 2.75) is 54.5 Å². The van der Waals surface area contributed by atoms with Crippen LogP contribution in [0.3, 0.4) is 0 Å². The number of rotatable bonds is 9. The molecule has 1 heterocycles. The number of hydrogen-bond donors (Lipinski definition) is 1. The van der Waals surface area contributed by atoms with Gasteiger partial charge in [-0.2, -0.15) is 0 Å². The Labute approximate surface area is 237 Å². The summed E-state index contributed by atoms with van der Waals surface area (Å²) in [5, 5.41) is 11.6. The van der Waals surface area contributed by atoms with E-state index < -0.39 is 17.7 Å². The maximum atomic E-state index is 13.6. The molecule has 0 saturated carbocycles. The number of anilines is 2. The van der Waals surface area contributed by atoms with Crippen LogP contribution in [-0.2, 0) is 9.59 Å². The first-order chi connectivity index (χ1) is 19.1. The topological polar surface area (TPSA) is 70.1 Å². The fourth-order valence-corrected chi connectivity index (χ4v) is 5.30. The molecule has 210 valence electrons. The van der Waals surface area contributed by atoms with Gasteiger partial charge in [-0.05, 0) is 93.6 Å². The third-order valence-corrected chi connectivity index (χ3v) is 7.41. The Balaban J connectivity index is 1.87. The SMILES string of the molecule is CCN(CC)c1ccc(C2/C(=C(\O)c3ccc(OCC(C)C)c(C)c3)C(=O)C(=O)N2c2ccc(C)cc2C)cc1. The van der Waals surface area contributed by atoms with Crippen LogP contribution in [0.5, 0.6) is 5.75 Å². The van der Waals surface area contributed by atoms with Crippen LogP contribution in [0.1, 0.15) is 61.6 Å². The fourth-order valence-electron chi connectivity index (χ4n) is 5.30. The molecule has 3 aromatic carbocycles. The Hall–Kier alpha value is -4.06. The fraction of sp³-hybridized carbons (Fsp3) is 0.353. The van der Waals surface area contributed by atoms with Crippen molar-refractivity contribution in [3.63, 3.8) is 0 Å². The number of benzene rings is 3. The predicted octanol–water partition coefficient (Wildman–Crippen LogP) is 7.12. The van der Waals surface area contributed by atoms with Gasteiger partial charge in [0.25, 0.3) is 11.7 Å². The van der Waals surface area contributed by atoms with Gasteiger partial charge in [0.05, 0.1) is 18.2 Å². The Kier molecular flexibility index (Phi) is 8.67. The van der Waals surface area contributed by atoms with Crippen LogP contribution < -0.4 is 14.5 Å². The van der Waals surface area contributed by atoms with Crippen LogP contribution in [0.15, 0.2) is 66.2 Å². The standard InChI is InChI=1S/C34H40N2O4/c1-8-35(9-2)27-14-11-25(12-15-27)31-30(32(37)26-13-17-29(24(7)19-26)40-20-21(3)4)33(38)34(39)36(31)28-16-10-22(5)18-23(28)6/h10-19,21,31,37H,8-9,20H2,1-7H3/b32-30+. The molecule has 40 heavy (non-hydrogen) atoms. The Morgan fingerprint density at radius 1 is 0.925 bits per heavy atom. The molecule has 1 unspecified atom stereocenters. The summed E-state index contributed by atoms with van der Waals surface area (Å²) in [5.74, 6) is -0.443. The number of nitrogens with zero attached hydrogens (tertiary/aromatic N) is 2. The van der Waals surface area contributed by atoms with E-state index in [9.17, 15) is 14.7 Å². The third kappa shape index (κ3) is 5.62. The number of ketones is 1. The van der Waals surface area contributed by atoms with Gasteiger partial charge in [-0.15, -0.1) is 0 Å². The number of hydrogen-bond acceptors (Lipinski definition) is 5. The van der Waals surface area contributed by atoms with Gasteiger partial charge in [0.2, 0.25) is 0 Å². The smallest absolute Gasteiger partial charge is 0.300 e. The normalized spacial score (nSPS) is 16.6. The van der Waals surface area contributed by atoms with E-state index in [0.717, 1.165) is 46.8 Å². The molecule has 0 bridgehead atoms. The largest absolute Gasteiger partial charge is 0.507 e. The Morgan fingerprint density at radius 2 is 1.60 bits per heavy atom. The highest BCUT2D eigenvalue weighted by atomic mass is 16.5. The zero-order valence-electron chi connectivity index (χ0n) is 24.6. The first-order valence-electron chi connectivity index (χ1n) is 14.0. The van der Waals surface area contributed by atoms with Crippen molar-refractivity contribution >= 4 is 28.8 Å². The summed E-state index contributed by atoms with van der Waals surface area (Å²) in [7, 11) is 0. The van der Waals surface area contributed by atoms with Crippen molar-refractivity contribution in [1.29, 1.82) is 0 Å². The molecule has 1 aliphatic heterocycles. The van der Waals surface area contributed by atoms with E-state index in [-0.39, 0.29) is 11.3 Å². The van der Waals surface area contributed by atoms with Crippen LogP contribution >= 0.6 is 0 Å². The molecular weight excluding hydrogens is 500 g/mol. The molecule has 1 atom stereocenters. The summed E-state index contributed by atoms with van der Waals surface area (Å²) < 4.78 is 5.90. The summed E-state index contributed by atoms with van der Waals surface area (Å²) in [6, 6.07) is 18.3. The average molecular weight is 541 g/mol. The molecule has 0 spiro atoms. The highest BCUT2D eigenvalue weighted by Crippen LogP contribution is 2.43. The number of amides is 1. The molecule has 0 aromatic heterocycles. The highest BCUT2D eigenvalue weighted by molar-refractivity contribution is 6.51. The number of aryl methyl sites for hydroxylation is 3. The zero-order chi connectivity index (χ0) is 29.1. The average Bonchev–Trinajstić information content (AvgIpc) is 3.18. The van der Waals surface area contributed by atoms with E-state index in [1.165, 1.54) is 4.90 Å². The van der Waals surface area contributed by atoms with Crippen LogP contribution in [0.4, 0.5) is 11.4 Å². The Morgan fingerprint density at radius 3 is 2.17 bits per heavy atom. The molecule has 1 fully saturated rings. The first kappa shape index (κ1) is 28.9. The molecule has 6 nitrogen and oxygen atoms in total. The molecule has 0 radical (unpaired) electrons.